The van der Waals surface area contributed by atoms with Crippen molar-refractivity contribution in [3.8, 4) is 0 Å². The normalized spacial score (nSPS) is 32.5. The van der Waals surface area contributed by atoms with Gasteiger partial charge in [0.05, 0.1) is 6.54 Å². The molecule has 2 aliphatic carbocycles. The minimum atomic E-state index is -0.745. The quantitative estimate of drug-likeness (QED) is 0.641. The van der Waals surface area contributed by atoms with Crippen LogP contribution in [-0.4, -0.2) is 46.0 Å². The van der Waals surface area contributed by atoms with Crippen LogP contribution in [-0.2, 0) is 16.1 Å². The number of primary amides is 1. The highest BCUT2D eigenvalue weighted by atomic mass is 16.2. The number of nitrogens with two attached hydrogens (primary N) is 2. The maximum absolute atomic E-state index is 13.6. The van der Waals surface area contributed by atoms with Gasteiger partial charge in [0, 0.05) is 30.1 Å². The molecule has 2 amide bonds. The Bertz CT molecular complexity index is 746. The molecule has 4 rings (SSSR count). The molecule has 3 aliphatic rings. The fraction of sp³-hybridized carbons (Fsp3) is 0.667. The fourth-order valence-electron chi connectivity index (χ4n) is 5.69. The molecule has 7 heteroatoms. The average Bonchev–Trinajstić information content (AvgIpc) is 3.46. The minimum Gasteiger partial charge on any atom is -0.384 e. The predicted octanol–water partition coefficient (Wildman–Crippen LogP) is 1.47. The van der Waals surface area contributed by atoms with Crippen molar-refractivity contribution in [1.82, 2.24) is 10.3 Å². The Labute approximate surface area is 166 Å². The van der Waals surface area contributed by atoms with E-state index in [1.165, 1.54) is 19.3 Å². The minimum absolute atomic E-state index is 0.0865. The first-order chi connectivity index (χ1) is 13.5. The third-order valence-electron chi connectivity index (χ3n) is 7.28. The number of quaternary nitrogens is 1. The molecule has 1 aromatic rings. The zero-order chi connectivity index (χ0) is 19.8. The monoisotopic (exact) mass is 386 g/mol. The van der Waals surface area contributed by atoms with Gasteiger partial charge >= 0.3 is 5.91 Å². The van der Waals surface area contributed by atoms with Gasteiger partial charge in [-0.3, -0.25) is 4.79 Å². The lowest BCUT2D eigenvalue weighted by Gasteiger charge is -2.45. The summed E-state index contributed by atoms with van der Waals surface area (Å²) in [7, 11) is 0. The van der Waals surface area contributed by atoms with E-state index < -0.39 is 5.54 Å². The fourth-order valence-corrected chi connectivity index (χ4v) is 5.69. The van der Waals surface area contributed by atoms with Crippen LogP contribution in [0.5, 0.6) is 0 Å². The second kappa shape index (κ2) is 7.44. The van der Waals surface area contributed by atoms with Crippen LogP contribution < -0.4 is 16.8 Å². The Balaban J connectivity index is 1.60. The number of carbonyl (C=O) groups is 2. The number of piperidine rings is 1. The zero-order valence-electron chi connectivity index (χ0n) is 16.5. The van der Waals surface area contributed by atoms with E-state index in [9.17, 15) is 9.59 Å². The standard InChI is InChI=1S/C21H31N5O2/c22-18-9-8-15(12-25-18)14-26(10-4-5-16-11-21(16,26)20(23)28)19(27)13-24-17-6-2-1-3-7-17/h8-9,12,16-17,24H,1-7,10-11,13-14H2,(H3-,22,23,25,28)/p+1/t16-,21+,26?/m1/s1. The molecule has 2 heterocycles. The molecule has 1 unspecified atom stereocenters. The second-order valence-corrected chi connectivity index (χ2v) is 8.88. The lowest BCUT2D eigenvalue weighted by atomic mass is 9.94. The molecule has 7 nitrogen and oxygen atoms in total. The summed E-state index contributed by atoms with van der Waals surface area (Å²) in [5.74, 6) is 0.433. The molecule has 0 aromatic carbocycles. The van der Waals surface area contributed by atoms with Crippen LogP contribution in [0.25, 0.3) is 0 Å². The molecule has 0 bridgehead atoms. The van der Waals surface area contributed by atoms with Crippen molar-refractivity contribution in [2.75, 3.05) is 18.8 Å². The van der Waals surface area contributed by atoms with E-state index >= 15 is 0 Å². The van der Waals surface area contributed by atoms with Crippen molar-refractivity contribution in [1.29, 1.82) is 0 Å². The summed E-state index contributed by atoms with van der Waals surface area (Å²) >= 11 is 0. The molecule has 152 valence electrons. The number of fused-ring (bicyclic) bond motifs is 1. The van der Waals surface area contributed by atoms with Gasteiger partial charge in [-0.25, -0.2) is 14.3 Å². The van der Waals surface area contributed by atoms with E-state index in [4.69, 9.17) is 11.5 Å². The predicted molar refractivity (Wildman–Crippen MR) is 107 cm³/mol. The number of nitrogen functional groups attached to an aromatic ring is 1. The van der Waals surface area contributed by atoms with E-state index in [0.29, 0.717) is 31.5 Å². The van der Waals surface area contributed by atoms with Crippen LogP contribution in [0.4, 0.5) is 5.82 Å². The van der Waals surface area contributed by atoms with Gasteiger partial charge in [0.1, 0.15) is 18.9 Å². The first kappa shape index (κ1) is 19.3. The van der Waals surface area contributed by atoms with Gasteiger partial charge in [0.25, 0.3) is 5.91 Å². The number of hydrogen-bond donors (Lipinski definition) is 3. The number of hydrogen-bond acceptors (Lipinski definition) is 5. The number of nitrogens with zero attached hydrogens (tertiary/aromatic N) is 2. The summed E-state index contributed by atoms with van der Waals surface area (Å²) < 4.78 is 0.137. The molecule has 0 spiro atoms. The molecular formula is C21H32N5O2+. The van der Waals surface area contributed by atoms with Crippen molar-refractivity contribution in [2.45, 2.75) is 69.5 Å². The molecule has 2 saturated carbocycles. The van der Waals surface area contributed by atoms with E-state index in [1.807, 2.05) is 6.07 Å². The summed E-state index contributed by atoms with van der Waals surface area (Å²) in [6, 6.07) is 4.06. The Morgan fingerprint density at radius 3 is 2.64 bits per heavy atom. The Kier molecular flexibility index (Phi) is 5.14. The molecule has 1 saturated heterocycles. The smallest absolute Gasteiger partial charge is 0.328 e. The van der Waals surface area contributed by atoms with E-state index in [-0.39, 0.29) is 22.2 Å². The van der Waals surface area contributed by atoms with Gasteiger partial charge in [0.15, 0.2) is 5.54 Å². The number of amides is 2. The van der Waals surface area contributed by atoms with Crippen molar-refractivity contribution in [3.63, 3.8) is 0 Å². The van der Waals surface area contributed by atoms with Crippen molar-refractivity contribution in [3.05, 3.63) is 23.9 Å². The van der Waals surface area contributed by atoms with Crippen LogP contribution in [0.15, 0.2) is 18.3 Å². The molecule has 3 atom stereocenters. The molecule has 28 heavy (non-hydrogen) atoms. The second-order valence-electron chi connectivity index (χ2n) is 8.88. The molecule has 1 aliphatic heterocycles. The first-order valence-corrected chi connectivity index (χ1v) is 10.6. The number of aromatic nitrogens is 1. The van der Waals surface area contributed by atoms with Crippen molar-refractivity contribution < 1.29 is 14.1 Å². The SMILES string of the molecule is NC(=O)[C@]12C[C@H]1CCC[N+]2(Cc1ccc(N)nc1)C(=O)CNC1CCCCC1. The summed E-state index contributed by atoms with van der Waals surface area (Å²) in [5, 5.41) is 3.48. The van der Waals surface area contributed by atoms with Gasteiger partial charge < -0.3 is 16.8 Å². The highest BCUT2D eigenvalue weighted by molar-refractivity contribution is 5.90. The van der Waals surface area contributed by atoms with Gasteiger partial charge in [-0.1, -0.05) is 19.3 Å². The number of anilines is 1. The molecule has 1 aromatic heterocycles. The Morgan fingerprint density at radius 2 is 1.96 bits per heavy atom. The maximum atomic E-state index is 13.6. The Hall–Kier alpha value is -1.99. The third-order valence-corrected chi connectivity index (χ3v) is 7.28. The average molecular weight is 387 g/mol. The van der Waals surface area contributed by atoms with Crippen LogP contribution in [0.2, 0.25) is 0 Å². The van der Waals surface area contributed by atoms with Crippen molar-refractivity contribution in [2.24, 2.45) is 11.7 Å². The molecule has 5 N–H and O–H groups in total. The lowest BCUT2D eigenvalue weighted by Crippen LogP contribution is -2.69. The molecule has 0 radical (unpaired) electrons. The van der Waals surface area contributed by atoms with E-state index in [1.54, 1.807) is 12.3 Å². The molecular weight excluding hydrogens is 354 g/mol. The number of pyridine rings is 1. The van der Waals surface area contributed by atoms with Crippen LogP contribution in [0.1, 0.15) is 56.9 Å². The van der Waals surface area contributed by atoms with E-state index in [2.05, 4.69) is 10.3 Å². The highest BCUT2D eigenvalue weighted by Crippen LogP contribution is 2.58. The first-order valence-electron chi connectivity index (χ1n) is 10.6. The lowest BCUT2D eigenvalue weighted by molar-refractivity contribution is -0.899. The van der Waals surface area contributed by atoms with Gasteiger partial charge in [-0.05, 0) is 37.8 Å². The van der Waals surface area contributed by atoms with Crippen LogP contribution in [0.3, 0.4) is 0 Å². The third kappa shape index (κ3) is 3.20. The highest BCUT2D eigenvalue weighted by Gasteiger charge is 2.76. The maximum Gasteiger partial charge on any atom is 0.328 e. The van der Waals surface area contributed by atoms with Crippen molar-refractivity contribution >= 4 is 17.6 Å². The van der Waals surface area contributed by atoms with Crippen LogP contribution >= 0.6 is 0 Å². The number of likely N-dealkylation sites (tertiary alicyclic amines) is 1. The van der Waals surface area contributed by atoms with E-state index in [0.717, 1.165) is 37.7 Å². The number of carbonyl (C=O) groups excluding carboxylic acids is 2. The Morgan fingerprint density at radius 1 is 1.18 bits per heavy atom. The summed E-state index contributed by atoms with van der Waals surface area (Å²) in [5.41, 5.74) is 11.8. The van der Waals surface area contributed by atoms with Gasteiger partial charge in [-0.15, -0.1) is 0 Å². The largest absolute Gasteiger partial charge is 0.384 e. The number of rotatable bonds is 6. The topological polar surface area (TPSA) is 111 Å². The van der Waals surface area contributed by atoms with Crippen LogP contribution in [0, 0.1) is 5.92 Å². The summed E-state index contributed by atoms with van der Waals surface area (Å²) in [6.07, 6.45) is 10.3. The van der Waals surface area contributed by atoms with Gasteiger partial charge in [0.2, 0.25) is 0 Å². The number of nitrogens with one attached hydrogen (secondary N) is 1. The zero-order valence-corrected chi connectivity index (χ0v) is 16.5. The van der Waals surface area contributed by atoms with Gasteiger partial charge in [-0.2, -0.15) is 0 Å². The summed E-state index contributed by atoms with van der Waals surface area (Å²) in [6.45, 7) is 1.42. The molecule has 3 fully saturated rings. The summed E-state index contributed by atoms with van der Waals surface area (Å²) in [4.78, 5) is 30.4.